The summed E-state index contributed by atoms with van der Waals surface area (Å²) in [5.74, 6) is 1.11. The number of carbonyl (C=O) groups is 1. The van der Waals surface area contributed by atoms with E-state index >= 15 is 0 Å². The molecule has 1 saturated heterocycles. The third-order valence-electron chi connectivity index (χ3n) is 4.97. The first-order chi connectivity index (χ1) is 11.4. The Morgan fingerprint density at radius 1 is 1.33 bits per heavy atom. The van der Waals surface area contributed by atoms with Crippen molar-refractivity contribution in [1.29, 1.82) is 0 Å². The van der Waals surface area contributed by atoms with Gasteiger partial charge < -0.3 is 15.3 Å². The maximum Gasteiger partial charge on any atom is 0.225 e. The molecule has 1 amide bonds. The summed E-state index contributed by atoms with van der Waals surface area (Å²) in [5.41, 5.74) is 1.94. The van der Waals surface area contributed by atoms with Gasteiger partial charge in [0, 0.05) is 30.4 Å². The van der Waals surface area contributed by atoms with E-state index < -0.39 is 0 Å². The average molecular weight is 334 g/mol. The van der Waals surface area contributed by atoms with Crippen LogP contribution in [0, 0.1) is 25.7 Å². The monoisotopic (exact) mass is 334 g/mol. The Morgan fingerprint density at radius 3 is 2.42 bits per heavy atom. The molecule has 2 N–H and O–H groups in total. The summed E-state index contributed by atoms with van der Waals surface area (Å²) in [6.07, 6.45) is 2.52. The largest absolute Gasteiger partial charge is 0.394 e. The van der Waals surface area contributed by atoms with E-state index in [1.807, 2.05) is 19.9 Å². The first kappa shape index (κ1) is 18.6. The van der Waals surface area contributed by atoms with Crippen molar-refractivity contribution in [3.63, 3.8) is 0 Å². The van der Waals surface area contributed by atoms with Gasteiger partial charge in [0.25, 0.3) is 0 Å². The predicted octanol–water partition coefficient (Wildman–Crippen LogP) is 1.83. The molecule has 0 unspecified atom stereocenters. The first-order valence-electron chi connectivity index (χ1n) is 8.93. The minimum absolute atomic E-state index is 0.00397. The molecule has 1 aromatic rings. The first-order valence-corrected chi connectivity index (χ1v) is 8.93. The van der Waals surface area contributed by atoms with Gasteiger partial charge in [-0.1, -0.05) is 20.3 Å². The van der Waals surface area contributed by atoms with E-state index in [1.165, 1.54) is 0 Å². The fourth-order valence-corrected chi connectivity index (χ4v) is 3.14. The number of aliphatic hydroxyl groups is 1. The lowest BCUT2D eigenvalue weighted by Gasteiger charge is -2.33. The van der Waals surface area contributed by atoms with Crippen molar-refractivity contribution >= 4 is 11.9 Å². The van der Waals surface area contributed by atoms with Crippen molar-refractivity contribution in [3.05, 3.63) is 17.5 Å². The Hall–Kier alpha value is -1.69. The lowest BCUT2D eigenvalue weighted by Crippen LogP contribution is -2.47. The molecule has 0 spiro atoms. The fraction of sp³-hybridized carbons (Fsp3) is 0.722. The van der Waals surface area contributed by atoms with Crippen molar-refractivity contribution in [1.82, 2.24) is 15.3 Å². The van der Waals surface area contributed by atoms with Crippen LogP contribution in [0.1, 0.15) is 44.5 Å². The number of anilines is 1. The number of aryl methyl sites for hydroxylation is 2. The summed E-state index contributed by atoms with van der Waals surface area (Å²) < 4.78 is 0. The molecule has 134 valence electrons. The quantitative estimate of drug-likeness (QED) is 0.830. The molecule has 2 rings (SSSR count). The highest BCUT2D eigenvalue weighted by atomic mass is 16.3. The van der Waals surface area contributed by atoms with E-state index in [4.69, 9.17) is 0 Å². The van der Waals surface area contributed by atoms with Gasteiger partial charge in [0.1, 0.15) is 0 Å². The summed E-state index contributed by atoms with van der Waals surface area (Å²) in [7, 11) is 0. The molecular weight excluding hydrogens is 304 g/mol. The SMILES string of the molecule is CC[C@H](C)[C@@H](CO)NC(=O)C1CCN(c2nc(C)cc(C)n2)CC1. The molecule has 2 atom stereocenters. The normalized spacial score (nSPS) is 18.3. The highest BCUT2D eigenvalue weighted by molar-refractivity contribution is 5.79. The molecule has 0 aliphatic carbocycles. The minimum Gasteiger partial charge on any atom is -0.394 e. The fourth-order valence-electron chi connectivity index (χ4n) is 3.14. The van der Waals surface area contributed by atoms with E-state index in [2.05, 4.69) is 34.0 Å². The third kappa shape index (κ3) is 4.66. The molecular formula is C18H30N4O2. The molecule has 6 nitrogen and oxygen atoms in total. The van der Waals surface area contributed by atoms with E-state index in [1.54, 1.807) is 0 Å². The molecule has 0 radical (unpaired) electrons. The van der Waals surface area contributed by atoms with Crippen LogP contribution in [0.5, 0.6) is 0 Å². The number of piperidine rings is 1. The molecule has 0 bridgehead atoms. The number of rotatable bonds is 6. The zero-order chi connectivity index (χ0) is 17.7. The van der Waals surface area contributed by atoms with Gasteiger partial charge in [0.05, 0.1) is 12.6 Å². The zero-order valence-corrected chi connectivity index (χ0v) is 15.2. The molecule has 24 heavy (non-hydrogen) atoms. The van der Waals surface area contributed by atoms with Crippen LogP contribution < -0.4 is 10.2 Å². The van der Waals surface area contributed by atoms with Crippen LogP contribution in [-0.2, 0) is 4.79 Å². The average Bonchev–Trinajstić information content (AvgIpc) is 2.58. The second-order valence-corrected chi connectivity index (χ2v) is 6.90. The second-order valence-electron chi connectivity index (χ2n) is 6.90. The van der Waals surface area contributed by atoms with Crippen LogP contribution >= 0.6 is 0 Å². The molecule has 0 aromatic carbocycles. The zero-order valence-electron chi connectivity index (χ0n) is 15.2. The topological polar surface area (TPSA) is 78.4 Å². The highest BCUT2D eigenvalue weighted by Gasteiger charge is 2.28. The van der Waals surface area contributed by atoms with Gasteiger partial charge in [-0.05, 0) is 38.7 Å². The van der Waals surface area contributed by atoms with Crippen LogP contribution in [0.3, 0.4) is 0 Å². The van der Waals surface area contributed by atoms with E-state index in [0.29, 0.717) is 0 Å². The van der Waals surface area contributed by atoms with Gasteiger partial charge in [-0.15, -0.1) is 0 Å². The Balaban J connectivity index is 1.91. The predicted molar refractivity (Wildman–Crippen MR) is 94.9 cm³/mol. The number of aliphatic hydroxyl groups excluding tert-OH is 1. The Bertz CT molecular complexity index is 536. The summed E-state index contributed by atoms with van der Waals surface area (Å²) in [4.78, 5) is 23.6. The molecule has 6 heteroatoms. The van der Waals surface area contributed by atoms with Crippen molar-refractivity contribution < 1.29 is 9.90 Å². The van der Waals surface area contributed by atoms with E-state index in [9.17, 15) is 9.90 Å². The number of amides is 1. The molecule has 2 heterocycles. The number of aromatic nitrogens is 2. The Labute approximate surface area is 144 Å². The van der Waals surface area contributed by atoms with Gasteiger partial charge >= 0.3 is 0 Å². The van der Waals surface area contributed by atoms with Crippen molar-refractivity contribution in [2.45, 2.75) is 53.0 Å². The van der Waals surface area contributed by atoms with Crippen LogP contribution in [0.25, 0.3) is 0 Å². The van der Waals surface area contributed by atoms with Crippen molar-refractivity contribution in [2.24, 2.45) is 11.8 Å². The number of hydrogen-bond acceptors (Lipinski definition) is 5. The highest BCUT2D eigenvalue weighted by Crippen LogP contribution is 2.22. The third-order valence-corrected chi connectivity index (χ3v) is 4.97. The molecule has 0 saturated carbocycles. The smallest absolute Gasteiger partial charge is 0.225 e. The van der Waals surface area contributed by atoms with Crippen LogP contribution in [0.4, 0.5) is 5.95 Å². The molecule has 1 fully saturated rings. The van der Waals surface area contributed by atoms with Gasteiger partial charge in [-0.3, -0.25) is 4.79 Å². The summed E-state index contributed by atoms with van der Waals surface area (Å²) in [6, 6.07) is 1.82. The second kappa shape index (κ2) is 8.42. The Morgan fingerprint density at radius 2 is 1.92 bits per heavy atom. The van der Waals surface area contributed by atoms with Crippen molar-refractivity contribution in [2.75, 3.05) is 24.6 Å². The van der Waals surface area contributed by atoms with Gasteiger partial charge in [0.15, 0.2) is 0 Å². The molecule has 1 aliphatic heterocycles. The van der Waals surface area contributed by atoms with E-state index in [0.717, 1.165) is 49.7 Å². The van der Waals surface area contributed by atoms with Crippen LogP contribution in [0.2, 0.25) is 0 Å². The lowest BCUT2D eigenvalue weighted by molar-refractivity contribution is -0.127. The van der Waals surface area contributed by atoms with E-state index in [-0.39, 0.29) is 30.4 Å². The van der Waals surface area contributed by atoms with Gasteiger partial charge in [-0.25, -0.2) is 9.97 Å². The minimum atomic E-state index is -0.150. The number of nitrogens with zero attached hydrogens (tertiary/aromatic N) is 3. The lowest BCUT2D eigenvalue weighted by atomic mass is 9.94. The molecule has 1 aromatic heterocycles. The summed E-state index contributed by atoms with van der Waals surface area (Å²) >= 11 is 0. The maximum atomic E-state index is 12.5. The van der Waals surface area contributed by atoms with Crippen LogP contribution in [0.15, 0.2) is 6.07 Å². The molecule has 1 aliphatic rings. The Kier molecular flexibility index (Phi) is 6.54. The van der Waals surface area contributed by atoms with Crippen LogP contribution in [-0.4, -0.2) is 46.7 Å². The summed E-state index contributed by atoms with van der Waals surface area (Å²) in [6.45, 7) is 9.64. The van der Waals surface area contributed by atoms with Gasteiger partial charge in [0.2, 0.25) is 11.9 Å². The standard InChI is InChI=1S/C18H30N4O2/c1-5-12(2)16(11-23)21-17(24)15-6-8-22(9-7-15)18-19-13(3)10-14(4)20-18/h10,12,15-16,23H,5-9,11H2,1-4H3,(H,21,24)/t12-,16+/m0/s1. The number of nitrogens with one attached hydrogen (secondary N) is 1. The number of hydrogen-bond donors (Lipinski definition) is 2. The maximum absolute atomic E-state index is 12.5. The van der Waals surface area contributed by atoms with Gasteiger partial charge in [-0.2, -0.15) is 0 Å². The number of carbonyl (C=O) groups excluding carboxylic acids is 1. The summed E-state index contributed by atoms with van der Waals surface area (Å²) in [5, 5.41) is 12.5. The van der Waals surface area contributed by atoms with Crippen molar-refractivity contribution in [3.8, 4) is 0 Å².